The van der Waals surface area contributed by atoms with Gasteiger partial charge in [0.05, 0.1) is 6.33 Å². The summed E-state index contributed by atoms with van der Waals surface area (Å²) in [5.41, 5.74) is 2.63. The number of thiocarbonyl (C=S) groups is 1. The van der Waals surface area contributed by atoms with Crippen molar-refractivity contribution in [1.82, 2.24) is 24.8 Å². The summed E-state index contributed by atoms with van der Waals surface area (Å²) in [6, 6.07) is 14.3. The molecule has 1 aliphatic rings. The molecule has 0 atom stereocenters. The average molecular weight is 523 g/mol. The van der Waals surface area contributed by atoms with Crippen molar-refractivity contribution in [3.8, 4) is 11.6 Å². The van der Waals surface area contributed by atoms with Crippen LogP contribution < -0.4 is 15.4 Å². The third-order valence-electron chi connectivity index (χ3n) is 5.16. The Morgan fingerprint density at radius 3 is 2.73 bits per heavy atom. The van der Waals surface area contributed by atoms with Crippen LogP contribution >= 0.6 is 28.1 Å². The molecule has 8 nitrogen and oxygen atoms in total. The molecule has 0 bridgehead atoms. The SMILES string of the molecule is O=C(NC(=S)Nc1ccc(Oc2ncnc3c2ncn3CC2CC2)cc1)c1cccc(Br)c1. The number of rotatable bonds is 6. The van der Waals surface area contributed by atoms with Gasteiger partial charge in [-0.1, -0.05) is 22.0 Å². The summed E-state index contributed by atoms with van der Waals surface area (Å²) in [6.45, 7) is 0.922. The van der Waals surface area contributed by atoms with Crippen molar-refractivity contribution < 1.29 is 9.53 Å². The topological polar surface area (TPSA) is 94.0 Å². The molecule has 0 unspecified atom stereocenters. The van der Waals surface area contributed by atoms with Gasteiger partial charge in [-0.05, 0) is 73.4 Å². The molecule has 1 saturated carbocycles. The molecule has 1 fully saturated rings. The smallest absolute Gasteiger partial charge is 0.257 e. The van der Waals surface area contributed by atoms with Crippen molar-refractivity contribution in [3.05, 3.63) is 71.2 Å². The molecule has 166 valence electrons. The Kier molecular flexibility index (Phi) is 6.01. The van der Waals surface area contributed by atoms with Crippen LogP contribution in [-0.4, -0.2) is 30.5 Å². The van der Waals surface area contributed by atoms with Gasteiger partial charge in [0.15, 0.2) is 16.3 Å². The molecule has 0 radical (unpaired) electrons. The van der Waals surface area contributed by atoms with Crippen LogP contribution in [0.2, 0.25) is 0 Å². The first kappa shape index (κ1) is 21.5. The minimum absolute atomic E-state index is 0.201. The number of aromatic nitrogens is 4. The Bertz CT molecular complexity index is 1340. The van der Waals surface area contributed by atoms with Crippen molar-refractivity contribution in [2.75, 3.05) is 5.32 Å². The zero-order chi connectivity index (χ0) is 22.8. The normalized spacial score (nSPS) is 13.0. The van der Waals surface area contributed by atoms with Gasteiger partial charge in [-0.25, -0.2) is 9.97 Å². The highest BCUT2D eigenvalue weighted by molar-refractivity contribution is 9.10. The van der Waals surface area contributed by atoms with E-state index in [-0.39, 0.29) is 11.0 Å². The van der Waals surface area contributed by atoms with Gasteiger partial charge in [0.2, 0.25) is 0 Å². The van der Waals surface area contributed by atoms with Crippen LogP contribution in [-0.2, 0) is 6.54 Å². The molecule has 0 saturated heterocycles. The third kappa shape index (κ3) is 5.18. The maximum absolute atomic E-state index is 12.3. The van der Waals surface area contributed by atoms with Crippen LogP contribution in [0.1, 0.15) is 23.2 Å². The molecule has 10 heteroatoms. The zero-order valence-electron chi connectivity index (χ0n) is 17.4. The summed E-state index contributed by atoms with van der Waals surface area (Å²) in [4.78, 5) is 25.4. The van der Waals surface area contributed by atoms with Gasteiger partial charge in [-0.3, -0.25) is 10.1 Å². The van der Waals surface area contributed by atoms with Crippen molar-refractivity contribution >= 4 is 56.0 Å². The van der Waals surface area contributed by atoms with E-state index in [2.05, 4.69) is 46.1 Å². The van der Waals surface area contributed by atoms with Crippen molar-refractivity contribution in [3.63, 3.8) is 0 Å². The molecule has 5 rings (SSSR count). The first-order chi connectivity index (χ1) is 16.0. The maximum Gasteiger partial charge on any atom is 0.257 e. The van der Waals surface area contributed by atoms with Crippen LogP contribution in [0.3, 0.4) is 0 Å². The van der Waals surface area contributed by atoms with E-state index in [9.17, 15) is 4.79 Å². The molecule has 0 spiro atoms. The van der Waals surface area contributed by atoms with E-state index < -0.39 is 0 Å². The molecular weight excluding hydrogens is 504 g/mol. The Labute approximate surface area is 203 Å². The summed E-state index contributed by atoms with van der Waals surface area (Å²) in [7, 11) is 0. The second-order valence-corrected chi connectivity index (χ2v) is 9.06. The maximum atomic E-state index is 12.3. The van der Waals surface area contributed by atoms with E-state index in [1.807, 2.05) is 6.07 Å². The van der Waals surface area contributed by atoms with Crippen molar-refractivity contribution in [1.29, 1.82) is 0 Å². The Morgan fingerprint density at radius 1 is 1.15 bits per heavy atom. The lowest BCUT2D eigenvalue weighted by atomic mass is 10.2. The molecule has 1 amide bonds. The monoisotopic (exact) mass is 522 g/mol. The second kappa shape index (κ2) is 9.24. The number of imidazole rings is 1. The fourth-order valence-corrected chi connectivity index (χ4v) is 3.94. The van der Waals surface area contributed by atoms with E-state index in [4.69, 9.17) is 17.0 Å². The van der Waals surface area contributed by atoms with Gasteiger partial charge in [0.1, 0.15) is 12.1 Å². The number of carbonyl (C=O) groups excluding carboxylic acids is 1. The summed E-state index contributed by atoms with van der Waals surface area (Å²) in [5.74, 6) is 1.43. The number of halogens is 1. The first-order valence-electron chi connectivity index (χ1n) is 10.4. The largest absolute Gasteiger partial charge is 0.437 e. The Morgan fingerprint density at radius 2 is 1.97 bits per heavy atom. The molecular formula is C23H19BrN6O2S. The van der Waals surface area contributed by atoms with Gasteiger partial charge >= 0.3 is 0 Å². The number of ether oxygens (including phenoxy) is 1. The quantitative estimate of drug-likeness (QED) is 0.347. The fourth-order valence-electron chi connectivity index (χ4n) is 3.33. The minimum atomic E-state index is -0.289. The standard InChI is InChI=1S/C23H19BrN6O2S/c24-16-3-1-2-15(10-16)21(31)29-23(33)28-17-6-8-18(9-7-17)32-22-19-20(25-12-26-22)30(13-27-19)11-14-4-5-14/h1-3,6-10,12-14H,4-5,11H2,(H2,28,29,31,33). The predicted octanol–water partition coefficient (Wildman–Crippen LogP) is 4.92. The highest BCUT2D eigenvalue weighted by Gasteiger charge is 2.23. The molecule has 2 aromatic carbocycles. The lowest BCUT2D eigenvalue weighted by Crippen LogP contribution is -2.34. The molecule has 4 aromatic rings. The fraction of sp³-hybridized carbons (Fsp3) is 0.174. The van der Waals surface area contributed by atoms with Crippen LogP contribution in [0.5, 0.6) is 11.6 Å². The number of fused-ring (bicyclic) bond motifs is 1. The van der Waals surface area contributed by atoms with E-state index in [1.54, 1.807) is 48.8 Å². The molecule has 2 aromatic heterocycles. The van der Waals surface area contributed by atoms with Crippen molar-refractivity contribution in [2.24, 2.45) is 5.92 Å². The molecule has 33 heavy (non-hydrogen) atoms. The van der Waals surface area contributed by atoms with E-state index in [0.29, 0.717) is 34.3 Å². The molecule has 0 aliphatic heterocycles. The Balaban J connectivity index is 1.22. The number of hydrogen-bond donors (Lipinski definition) is 2. The van der Waals surface area contributed by atoms with Crippen molar-refractivity contribution in [2.45, 2.75) is 19.4 Å². The Hall–Kier alpha value is -3.37. The summed E-state index contributed by atoms with van der Waals surface area (Å²) >= 11 is 8.61. The van der Waals surface area contributed by atoms with Crippen LogP contribution in [0.25, 0.3) is 11.2 Å². The number of anilines is 1. The van der Waals surface area contributed by atoms with Crippen LogP contribution in [0.15, 0.2) is 65.7 Å². The molecule has 1 aliphatic carbocycles. The summed E-state index contributed by atoms with van der Waals surface area (Å²) in [6.07, 6.45) is 5.79. The third-order valence-corrected chi connectivity index (χ3v) is 5.86. The predicted molar refractivity (Wildman–Crippen MR) is 132 cm³/mol. The second-order valence-electron chi connectivity index (χ2n) is 7.74. The molecule has 2 N–H and O–H groups in total. The van der Waals surface area contributed by atoms with Gasteiger partial charge in [0, 0.05) is 22.3 Å². The van der Waals surface area contributed by atoms with Crippen LogP contribution in [0, 0.1) is 5.92 Å². The minimum Gasteiger partial charge on any atom is -0.437 e. The number of carbonyl (C=O) groups is 1. The number of benzene rings is 2. The molecule has 2 heterocycles. The zero-order valence-corrected chi connectivity index (χ0v) is 19.8. The van der Waals surface area contributed by atoms with Gasteiger partial charge < -0.3 is 14.6 Å². The first-order valence-corrected chi connectivity index (χ1v) is 11.6. The van der Waals surface area contributed by atoms with E-state index in [1.165, 1.54) is 19.2 Å². The number of nitrogens with zero attached hydrogens (tertiary/aromatic N) is 4. The van der Waals surface area contributed by atoms with Gasteiger partial charge in [-0.15, -0.1) is 0 Å². The van der Waals surface area contributed by atoms with E-state index in [0.717, 1.165) is 16.7 Å². The summed E-state index contributed by atoms with van der Waals surface area (Å²) < 4.78 is 8.83. The van der Waals surface area contributed by atoms with Gasteiger partial charge in [0.25, 0.3) is 11.8 Å². The van der Waals surface area contributed by atoms with Gasteiger partial charge in [-0.2, -0.15) is 4.98 Å². The van der Waals surface area contributed by atoms with Crippen LogP contribution in [0.4, 0.5) is 5.69 Å². The average Bonchev–Trinajstić information content (AvgIpc) is 3.53. The highest BCUT2D eigenvalue weighted by Crippen LogP contribution is 2.32. The number of amides is 1. The number of nitrogens with one attached hydrogen (secondary N) is 2. The van der Waals surface area contributed by atoms with E-state index >= 15 is 0 Å². The highest BCUT2D eigenvalue weighted by atomic mass is 79.9. The summed E-state index contributed by atoms with van der Waals surface area (Å²) in [5, 5.41) is 5.87. The number of hydrogen-bond acceptors (Lipinski definition) is 6. The lowest BCUT2D eigenvalue weighted by molar-refractivity contribution is 0.0977. The lowest BCUT2D eigenvalue weighted by Gasteiger charge is -2.11.